The molecule has 0 bridgehead atoms. The van der Waals surface area contributed by atoms with E-state index in [0.29, 0.717) is 31.2 Å². The Morgan fingerprint density at radius 2 is 1.57 bits per heavy atom. The zero-order valence-electron chi connectivity index (χ0n) is 21.7. The van der Waals surface area contributed by atoms with E-state index in [1.165, 1.54) is 9.87 Å². The molecule has 0 N–H and O–H groups in total. The van der Waals surface area contributed by atoms with Crippen molar-refractivity contribution < 1.29 is 17.9 Å². The number of sulfonamides is 1. The lowest BCUT2D eigenvalue weighted by Crippen LogP contribution is -2.46. The van der Waals surface area contributed by atoms with Crippen LogP contribution in [0.3, 0.4) is 0 Å². The largest absolute Gasteiger partial charge is 0.496 e. The van der Waals surface area contributed by atoms with Crippen LogP contribution in [0.4, 0.5) is 0 Å². The molecule has 0 radical (unpaired) electrons. The number of rotatable bonds is 10. The molecule has 0 aromatic heterocycles. The first-order chi connectivity index (χ1) is 17.9. The molecule has 1 aliphatic heterocycles. The summed E-state index contributed by atoms with van der Waals surface area (Å²) < 4.78 is 34.0. The normalized spacial score (nSPS) is 14.6. The van der Waals surface area contributed by atoms with Gasteiger partial charge in [-0.1, -0.05) is 60.7 Å². The van der Waals surface area contributed by atoms with Gasteiger partial charge in [0.2, 0.25) is 15.9 Å². The fraction of sp³-hybridized carbons (Fsp3) is 0.367. The van der Waals surface area contributed by atoms with Gasteiger partial charge in [-0.2, -0.15) is 4.31 Å². The van der Waals surface area contributed by atoms with Crippen LogP contribution in [-0.2, 0) is 27.7 Å². The van der Waals surface area contributed by atoms with Gasteiger partial charge in [-0.05, 0) is 73.4 Å². The molecule has 0 atom stereocenters. The second kappa shape index (κ2) is 12.4. The van der Waals surface area contributed by atoms with E-state index in [-0.39, 0.29) is 23.9 Å². The number of carbonyl (C=O) groups excluding carboxylic acids is 1. The highest BCUT2D eigenvalue weighted by molar-refractivity contribution is 7.89. The second-order valence-corrected chi connectivity index (χ2v) is 11.7. The predicted octanol–water partition coefficient (Wildman–Crippen LogP) is 4.72. The number of nitrogens with zero attached hydrogens (tertiary/aromatic N) is 2. The van der Waals surface area contributed by atoms with Gasteiger partial charge in [-0.15, -0.1) is 0 Å². The van der Waals surface area contributed by atoms with Gasteiger partial charge < -0.3 is 9.64 Å². The van der Waals surface area contributed by atoms with E-state index in [9.17, 15) is 13.2 Å². The fourth-order valence-electron chi connectivity index (χ4n) is 4.93. The first-order valence-corrected chi connectivity index (χ1v) is 14.3. The van der Waals surface area contributed by atoms with Crippen LogP contribution in [0.5, 0.6) is 5.75 Å². The number of aryl methyl sites for hydroxylation is 1. The lowest BCUT2D eigenvalue weighted by molar-refractivity contribution is -0.132. The van der Waals surface area contributed by atoms with Crippen LogP contribution in [0.2, 0.25) is 0 Å². The molecular weight excluding hydrogens is 484 g/mol. The molecular formula is C30H36N2O4S. The Kier molecular flexibility index (Phi) is 9.00. The summed E-state index contributed by atoms with van der Waals surface area (Å²) in [5.41, 5.74) is 3.08. The SMILES string of the molecule is COc1ccc(S(=O)(=O)N(CCc2ccccc2)CC(=O)N2CCC(Cc3ccccc3)CC2)cc1C. The van der Waals surface area contributed by atoms with Crippen molar-refractivity contribution in [2.75, 3.05) is 33.3 Å². The van der Waals surface area contributed by atoms with Crippen LogP contribution >= 0.6 is 0 Å². The summed E-state index contributed by atoms with van der Waals surface area (Å²) in [5, 5.41) is 0. The van der Waals surface area contributed by atoms with Crippen molar-refractivity contribution in [2.45, 2.75) is 37.5 Å². The Bertz CT molecular complexity index is 1270. The van der Waals surface area contributed by atoms with Crippen molar-refractivity contribution in [3.8, 4) is 5.75 Å². The minimum absolute atomic E-state index is 0.139. The highest BCUT2D eigenvalue weighted by Gasteiger charge is 2.30. The van der Waals surface area contributed by atoms with Crippen molar-refractivity contribution in [2.24, 2.45) is 5.92 Å². The van der Waals surface area contributed by atoms with Gasteiger partial charge in [0.25, 0.3) is 0 Å². The van der Waals surface area contributed by atoms with E-state index in [0.717, 1.165) is 30.4 Å². The third-order valence-electron chi connectivity index (χ3n) is 7.14. The van der Waals surface area contributed by atoms with Crippen LogP contribution < -0.4 is 4.74 Å². The first-order valence-electron chi connectivity index (χ1n) is 12.9. The lowest BCUT2D eigenvalue weighted by Gasteiger charge is -2.33. The van der Waals surface area contributed by atoms with E-state index in [1.807, 2.05) is 48.2 Å². The molecule has 0 spiro atoms. The van der Waals surface area contributed by atoms with E-state index >= 15 is 0 Å². The minimum atomic E-state index is -3.87. The van der Waals surface area contributed by atoms with Crippen LogP contribution in [0.25, 0.3) is 0 Å². The number of benzene rings is 3. The van der Waals surface area contributed by atoms with E-state index in [1.54, 1.807) is 25.3 Å². The molecule has 1 saturated heterocycles. The maximum atomic E-state index is 13.7. The summed E-state index contributed by atoms with van der Waals surface area (Å²) in [6, 6.07) is 25.0. The molecule has 37 heavy (non-hydrogen) atoms. The number of likely N-dealkylation sites (tertiary alicyclic amines) is 1. The number of amides is 1. The Morgan fingerprint density at radius 1 is 0.946 bits per heavy atom. The maximum Gasteiger partial charge on any atom is 0.243 e. The predicted molar refractivity (Wildman–Crippen MR) is 146 cm³/mol. The Hall–Kier alpha value is -3.16. The van der Waals surface area contributed by atoms with Crippen molar-refractivity contribution in [1.29, 1.82) is 0 Å². The molecule has 4 rings (SSSR count). The molecule has 3 aromatic rings. The monoisotopic (exact) mass is 520 g/mol. The molecule has 0 saturated carbocycles. The van der Waals surface area contributed by atoms with Crippen LogP contribution in [0.1, 0.15) is 29.5 Å². The average Bonchev–Trinajstić information content (AvgIpc) is 2.92. The molecule has 1 heterocycles. The molecule has 7 heteroatoms. The number of ether oxygens (including phenoxy) is 1. The number of carbonyl (C=O) groups is 1. The van der Waals surface area contributed by atoms with Gasteiger partial charge in [0.05, 0.1) is 18.6 Å². The van der Waals surface area contributed by atoms with E-state index in [2.05, 4.69) is 24.3 Å². The summed E-state index contributed by atoms with van der Waals surface area (Å²) in [4.78, 5) is 15.3. The third-order valence-corrected chi connectivity index (χ3v) is 8.98. The first kappa shape index (κ1) is 26.9. The molecule has 1 fully saturated rings. The van der Waals surface area contributed by atoms with Gasteiger partial charge >= 0.3 is 0 Å². The number of methoxy groups -OCH3 is 1. The second-order valence-electron chi connectivity index (χ2n) is 9.72. The Morgan fingerprint density at radius 3 is 2.16 bits per heavy atom. The lowest BCUT2D eigenvalue weighted by atomic mass is 9.90. The van der Waals surface area contributed by atoms with Gasteiger partial charge in [0.1, 0.15) is 5.75 Å². The van der Waals surface area contributed by atoms with Crippen molar-refractivity contribution in [1.82, 2.24) is 9.21 Å². The number of hydrogen-bond acceptors (Lipinski definition) is 4. The summed E-state index contributed by atoms with van der Waals surface area (Å²) in [7, 11) is -2.31. The average molecular weight is 521 g/mol. The van der Waals surface area contributed by atoms with Crippen molar-refractivity contribution in [3.63, 3.8) is 0 Å². The van der Waals surface area contributed by atoms with Crippen molar-refractivity contribution in [3.05, 3.63) is 95.6 Å². The fourth-order valence-corrected chi connectivity index (χ4v) is 6.40. The van der Waals surface area contributed by atoms with Gasteiger partial charge in [-0.3, -0.25) is 4.79 Å². The molecule has 6 nitrogen and oxygen atoms in total. The molecule has 3 aromatic carbocycles. The maximum absolute atomic E-state index is 13.7. The molecule has 0 aliphatic carbocycles. The zero-order valence-corrected chi connectivity index (χ0v) is 22.5. The molecule has 1 amide bonds. The van der Waals surface area contributed by atoms with Crippen LogP contribution in [0, 0.1) is 12.8 Å². The standard InChI is InChI=1S/C30H36N2O4S/c1-24-21-28(13-14-29(24)36-2)37(34,35)32(20-17-25-9-5-3-6-10-25)23-30(33)31-18-15-27(16-19-31)22-26-11-7-4-8-12-26/h3-14,21,27H,15-20,22-23H2,1-2H3. The van der Waals surface area contributed by atoms with E-state index in [4.69, 9.17) is 4.74 Å². The van der Waals surface area contributed by atoms with Crippen LogP contribution in [0.15, 0.2) is 83.8 Å². The number of hydrogen-bond donors (Lipinski definition) is 0. The molecule has 196 valence electrons. The highest BCUT2D eigenvalue weighted by Crippen LogP contribution is 2.25. The minimum Gasteiger partial charge on any atom is -0.496 e. The molecule has 0 unspecified atom stereocenters. The topological polar surface area (TPSA) is 66.9 Å². The number of piperidine rings is 1. The van der Waals surface area contributed by atoms with Gasteiger partial charge in [-0.25, -0.2) is 8.42 Å². The van der Waals surface area contributed by atoms with Gasteiger partial charge in [0.15, 0.2) is 0 Å². The summed E-state index contributed by atoms with van der Waals surface area (Å²) in [6.45, 7) is 3.20. The Labute approximate surface area is 220 Å². The van der Waals surface area contributed by atoms with Gasteiger partial charge in [0, 0.05) is 19.6 Å². The highest BCUT2D eigenvalue weighted by atomic mass is 32.2. The van der Waals surface area contributed by atoms with E-state index < -0.39 is 10.0 Å². The van der Waals surface area contributed by atoms with Crippen molar-refractivity contribution >= 4 is 15.9 Å². The summed E-state index contributed by atoms with van der Waals surface area (Å²) in [6.07, 6.45) is 3.39. The summed E-state index contributed by atoms with van der Waals surface area (Å²) in [5.74, 6) is 1.02. The zero-order chi connectivity index (χ0) is 26.3. The van der Waals surface area contributed by atoms with Crippen LogP contribution in [-0.4, -0.2) is 56.8 Å². The third kappa shape index (κ3) is 6.99. The Balaban J connectivity index is 1.45. The molecule has 1 aliphatic rings. The quantitative estimate of drug-likeness (QED) is 0.388. The smallest absolute Gasteiger partial charge is 0.243 e. The summed E-state index contributed by atoms with van der Waals surface area (Å²) >= 11 is 0.